The Labute approximate surface area is 97.5 Å². The van der Waals surface area contributed by atoms with E-state index in [0.29, 0.717) is 0 Å². The molecule has 3 nitrogen and oxygen atoms in total. The van der Waals surface area contributed by atoms with Crippen molar-refractivity contribution in [3.05, 3.63) is 0 Å². The molecule has 3 heteroatoms. The summed E-state index contributed by atoms with van der Waals surface area (Å²) in [7, 11) is 7.55. The van der Waals surface area contributed by atoms with Crippen molar-refractivity contribution in [2.45, 2.75) is 41.0 Å². The molecule has 0 aliphatic carbocycles. The third-order valence-electron chi connectivity index (χ3n) is 0.882. The highest BCUT2D eigenvalue weighted by Gasteiger charge is 1.79. The summed E-state index contributed by atoms with van der Waals surface area (Å²) in [4.78, 5) is 13.1. The van der Waals surface area contributed by atoms with E-state index < -0.39 is 0 Å². The highest BCUT2D eigenvalue weighted by Crippen LogP contribution is 1.76. The molecule has 0 heterocycles. The maximum Gasteiger partial charge on any atom is 0.209 e. The molecule has 0 bridgehead atoms. The lowest BCUT2D eigenvalue weighted by atomic mass is 10.5. The SMILES string of the molecule is CC.CC.CCCN(C)C.CN(C)C=O. The van der Waals surface area contributed by atoms with Gasteiger partial charge in [-0.05, 0) is 27.1 Å². The zero-order valence-electron chi connectivity index (χ0n) is 12.3. The molecule has 0 aromatic heterocycles. The first-order valence-electron chi connectivity index (χ1n) is 5.81. The average molecular weight is 220 g/mol. The van der Waals surface area contributed by atoms with Gasteiger partial charge in [0, 0.05) is 14.1 Å². The summed E-state index contributed by atoms with van der Waals surface area (Å²) in [6.07, 6.45) is 2.01. The first-order chi connectivity index (χ1) is 7.04. The average Bonchev–Trinajstić information content (AvgIpc) is 2.24. The van der Waals surface area contributed by atoms with Crippen molar-refractivity contribution in [1.82, 2.24) is 9.80 Å². The molecule has 1 amide bonds. The lowest BCUT2D eigenvalue weighted by molar-refractivity contribution is -0.115. The van der Waals surface area contributed by atoms with Crippen LogP contribution in [0, 0.1) is 0 Å². The third-order valence-corrected chi connectivity index (χ3v) is 0.882. The van der Waals surface area contributed by atoms with E-state index in [-0.39, 0.29) is 0 Å². The molecule has 0 aromatic carbocycles. The Kier molecular flexibility index (Phi) is 46.6. The van der Waals surface area contributed by atoms with Crippen molar-refractivity contribution >= 4 is 6.41 Å². The van der Waals surface area contributed by atoms with Gasteiger partial charge in [0.2, 0.25) is 6.41 Å². The van der Waals surface area contributed by atoms with Crippen LogP contribution in [0.4, 0.5) is 0 Å². The first-order valence-corrected chi connectivity index (χ1v) is 5.81. The van der Waals surface area contributed by atoms with Gasteiger partial charge in [0.15, 0.2) is 0 Å². The van der Waals surface area contributed by atoms with Crippen molar-refractivity contribution in [3.8, 4) is 0 Å². The number of rotatable bonds is 3. The quantitative estimate of drug-likeness (QED) is 0.683. The van der Waals surface area contributed by atoms with Crippen LogP contribution >= 0.6 is 0 Å². The minimum absolute atomic E-state index is 0.750. The van der Waals surface area contributed by atoms with Crippen molar-refractivity contribution < 1.29 is 4.79 Å². The van der Waals surface area contributed by atoms with Gasteiger partial charge >= 0.3 is 0 Å². The summed E-state index contributed by atoms with van der Waals surface area (Å²) >= 11 is 0. The van der Waals surface area contributed by atoms with Crippen LogP contribution in [-0.2, 0) is 4.79 Å². The second-order valence-electron chi connectivity index (χ2n) is 2.87. The van der Waals surface area contributed by atoms with Gasteiger partial charge in [-0.15, -0.1) is 0 Å². The van der Waals surface area contributed by atoms with Crippen LogP contribution in [0.2, 0.25) is 0 Å². The number of nitrogens with zero attached hydrogens (tertiary/aromatic N) is 2. The fourth-order valence-corrected chi connectivity index (χ4v) is 0.447. The molecule has 0 rings (SSSR count). The molecule has 96 valence electrons. The Morgan fingerprint density at radius 2 is 1.20 bits per heavy atom. The maximum absolute atomic E-state index is 9.43. The summed E-state index contributed by atoms with van der Waals surface area (Å²) in [5.41, 5.74) is 0. The normalized spacial score (nSPS) is 7.07. The third kappa shape index (κ3) is 89.4. The van der Waals surface area contributed by atoms with Crippen LogP contribution in [0.3, 0.4) is 0 Å². The number of hydrogen-bond acceptors (Lipinski definition) is 2. The Balaban J connectivity index is -0.0000000610. The number of carbonyl (C=O) groups excluding carboxylic acids is 1. The molecular weight excluding hydrogens is 188 g/mol. The Bertz CT molecular complexity index is 83.7. The molecular formula is C12H32N2O. The number of hydrogen-bond donors (Lipinski definition) is 0. The smallest absolute Gasteiger partial charge is 0.209 e. The lowest BCUT2D eigenvalue weighted by Gasteiger charge is -2.03. The van der Waals surface area contributed by atoms with Crippen molar-refractivity contribution in [2.24, 2.45) is 0 Å². The zero-order valence-corrected chi connectivity index (χ0v) is 12.3. The minimum Gasteiger partial charge on any atom is -0.351 e. The summed E-state index contributed by atoms with van der Waals surface area (Å²) in [6.45, 7) is 11.4. The van der Waals surface area contributed by atoms with E-state index in [1.54, 1.807) is 14.1 Å². The number of carbonyl (C=O) groups is 1. The molecule has 0 aliphatic rings. The van der Waals surface area contributed by atoms with Gasteiger partial charge in [0.1, 0.15) is 0 Å². The molecule has 0 atom stereocenters. The van der Waals surface area contributed by atoms with Gasteiger partial charge < -0.3 is 9.80 Å². The van der Waals surface area contributed by atoms with E-state index >= 15 is 0 Å². The van der Waals surface area contributed by atoms with Crippen molar-refractivity contribution in [2.75, 3.05) is 34.7 Å². The van der Waals surface area contributed by atoms with Gasteiger partial charge in [-0.3, -0.25) is 4.79 Å². The summed E-state index contributed by atoms with van der Waals surface area (Å²) in [5.74, 6) is 0. The van der Waals surface area contributed by atoms with Gasteiger partial charge in [-0.25, -0.2) is 0 Å². The molecule has 0 unspecified atom stereocenters. The van der Waals surface area contributed by atoms with E-state index in [0.717, 1.165) is 6.41 Å². The molecule has 0 fully saturated rings. The summed E-state index contributed by atoms with van der Waals surface area (Å²) in [5, 5.41) is 0. The molecule has 15 heavy (non-hydrogen) atoms. The lowest BCUT2D eigenvalue weighted by Crippen LogP contribution is -2.11. The highest BCUT2D eigenvalue weighted by molar-refractivity contribution is 5.45. The van der Waals surface area contributed by atoms with Gasteiger partial charge in [-0.2, -0.15) is 0 Å². The first kappa shape index (κ1) is 23.9. The van der Waals surface area contributed by atoms with Gasteiger partial charge in [0.25, 0.3) is 0 Å². The number of amides is 1. The maximum atomic E-state index is 9.43. The molecule has 0 aromatic rings. The van der Waals surface area contributed by atoms with Gasteiger partial charge in [0.05, 0.1) is 0 Å². The van der Waals surface area contributed by atoms with Crippen molar-refractivity contribution in [3.63, 3.8) is 0 Å². The van der Waals surface area contributed by atoms with Crippen LogP contribution < -0.4 is 0 Å². The fourth-order valence-electron chi connectivity index (χ4n) is 0.447. The van der Waals surface area contributed by atoms with Gasteiger partial charge in [-0.1, -0.05) is 34.6 Å². The van der Waals surface area contributed by atoms with E-state index in [1.165, 1.54) is 17.9 Å². The molecule has 0 saturated heterocycles. The second-order valence-corrected chi connectivity index (χ2v) is 2.87. The summed E-state index contributed by atoms with van der Waals surface area (Å²) in [6, 6.07) is 0. The van der Waals surface area contributed by atoms with Crippen LogP contribution in [0.5, 0.6) is 0 Å². The van der Waals surface area contributed by atoms with Crippen LogP contribution in [-0.4, -0.2) is 50.9 Å². The Morgan fingerprint density at radius 1 is 0.933 bits per heavy atom. The van der Waals surface area contributed by atoms with E-state index in [4.69, 9.17) is 0 Å². The fraction of sp³-hybridized carbons (Fsp3) is 0.917. The standard InChI is InChI=1S/C5H13N.C3H7NO.2C2H6/c1-4-5-6(2)3;1-4(2)3-5;2*1-2/h4-5H2,1-3H3;3H,1-2H3;2*1-2H3. The van der Waals surface area contributed by atoms with Crippen molar-refractivity contribution in [1.29, 1.82) is 0 Å². The molecule has 0 radical (unpaired) electrons. The largest absolute Gasteiger partial charge is 0.351 e. The zero-order chi connectivity index (χ0) is 13.3. The Hall–Kier alpha value is -0.570. The molecule has 0 aliphatic heterocycles. The van der Waals surface area contributed by atoms with E-state index in [2.05, 4.69) is 25.9 Å². The monoisotopic (exact) mass is 220 g/mol. The van der Waals surface area contributed by atoms with Crippen LogP contribution in [0.1, 0.15) is 41.0 Å². The topological polar surface area (TPSA) is 23.6 Å². The highest BCUT2D eigenvalue weighted by atomic mass is 16.1. The molecule has 0 spiro atoms. The predicted molar refractivity (Wildman–Crippen MR) is 71.3 cm³/mol. The Morgan fingerprint density at radius 3 is 1.20 bits per heavy atom. The van der Waals surface area contributed by atoms with Crippen LogP contribution in [0.15, 0.2) is 0 Å². The molecule has 0 N–H and O–H groups in total. The van der Waals surface area contributed by atoms with E-state index in [9.17, 15) is 4.79 Å². The van der Waals surface area contributed by atoms with E-state index in [1.807, 2.05) is 27.7 Å². The van der Waals surface area contributed by atoms with Crippen LogP contribution in [0.25, 0.3) is 0 Å². The second kappa shape index (κ2) is 29.2. The molecule has 0 saturated carbocycles. The summed E-state index contributed by atoms with van der Waals surface area (Å²) < 4.78 is 0. The minimum atomic E-state index is 0.750. The predicted octanol–water partition coefficient (Wildman–Crippen LogP) is 2.71.